The van der Waals surface area contributed by atoms with Crippen LogP contribution in [0.3, 0.4) is 0 Å². The second kappa shape index (κ2) is 5.19. The number of carbonyl (C=O) groups is 1. The number of aliphatic hydroxyl groups is 1. The Kier molecular flexibility index (Phi) is 3.64. The third-order valence-corrected chi connectivity index (χ3v) is 2.86. The van der Waals surface area contributed by atoms with Crippen LogP contribution in [0.2, 0.25) is 0 Å². The lowest BCUT2D eigenvalue weighted by molar-refractivity contribution is 0.0744. The van der Waals surface area contributed by atoms with Crippen LogP contribution >= 0.6 is 0 Å². The number of amides is 1. The van der Waals surface area contributed by atoms with Gasteiger partial charge in [0.05, 0.1) is 12.1 Å². The van der Waals surface area contributed by atoms with E-state index in [0.29, 0.717) is 37.4 Å². The molecular formula is C13H17NO3. The summed E-state index contributed by atoms with van der Waals surface area (Å²) in [6.45, 7) is 3.72. The van der Waals surface area contributed by atoms with Gasteiger partial charge < -0.3 is 14.7 Å². The van der Waals surface area contributed by atoms with Gasteiger partial charge in [-0.3, -0.25) is 4.79 Å². The van der Waals surface area contributed by atoms with Gasteiger partial charge in [-0.15, -0.1) is 0 Å². The van der Waals surface area contributed by atoms with E-state index in [1.165, 1.54) is 0 Å². The Morgan fingerprint density at radius 2 is 2.29 bits per heavy atom. The van der Waals surface area contributed by atoms with E-state index in [4.69, 9.17) is 9.84 Å². The van der Waals surface area contributed by atoms with Gasteiger partial charge in [0, 0.05) is 13.2 Å². The number of rotatable bonds is 3. The highest BCUT2D eigenvalue weighted by Gasteiger charge is 2.22. The van der Waals surface area contributed by atoms with E-state index in [0.717, 1.165) is 5.56 Å². The molecule has 0 saturated heterocycles. The lowest BCUT2D eigenvalue weighted by Gasteiger charge is -2.19. The molecular weight excluding hydrogens is 218 g/mol. The molecule has 4 nitrogen and oxygen atoms in total. The molecule has 0 saturated carbocycles. The molecule has 1 heterocycles. The molecule has 1 aromatic rings. The molecule has 1 aromatic carbocycles. The van der Waals surface area contributed by atoms with Gasteiger partial charge in [-0.25, -0.2) is 0 Å². The van der Waals surface area contributed by atoms with Crippen molar-refractivity contribution >= 4 is 5.91 Å². The zero-order valence-corrected chi connectivity index (χ0v) is 9.98. The molecule has 0 spiro atoms. The summed E-state index contributed by atoms with van der Waals surface area (Å²) in [7, 11) is 0. The lowest BCUT2D eigenvalue weighted by atomic mass is 10.1. The molecule has 1 amide bonds. The maximum atomic E-state index is 12.3. The predicted octanol–water partition coefficient (Wildman–Crippen LogP) is 1.21. The molecule has 17 heavy (non-hydrogen) atoms. The fourth-order valence-corrected chi connectivity index (χ4v) is 1.95. The van der Waals surface area contributed by atoms with Gasteiger partial charge in [-0.2, -0.15) is 0 Å². The first-order chi connectivity index (χ1) is 8.22. The molecule has 0 bridgehead atoms. The van der Waals surface area contributed by atoms with Gasteiger partial charge in [0.2, 0.25) is 0 Å². The van der Waals surface area contributed by atoms with E-state index in [-0.39, 0.29) is 12.5 Å². The van der Waals surface area contributed by atoms with Crippen molar-refractivity contribution in [3.05, 3.63) is 29.3 Å². The van der Waals surface area contributed by atoms with Crippen molar-refractivity contribution in [3.63, 3.8) is 0 Å². The molecule has 0 unspecified atom stereocenters. The van der Waals surface area contributed by atoms with Crippen molar-refractivity contribution in [1.82, 2.24) is 4.90 Å². The molecule has 0 fully saturated rings. The Morgan fingerprint density at radius 3 is 3.06 bits per heavy atom. The number of fused-ring (bicyclic) bond motifs is 1. The molecule has 0 aliphatic carbocycles. The summed E-state index contributed by atoms with van der Waals surface area (Å²) in [5.74, 6) is 0.654. The lowest BCUT2D eigenvalue weighted by Crippen LogP contribution is -2.33. The van der Waals surface area contributed by atoms with Crippen LogP contribution in [-0.2, 0) is 0 Å². The first kappa shape index (κ1) is 11.9. The van der Waals surface area contributed by atoms with E-state index in [9.17, 15) is 4.79 Å². The molecule has 1 N–H and O–H groups in total. The standard InChI is InChI=1S/C13H17NO3/c1-10-3-4-12-11(9-10)13(16)14(5-2-7-15)6-8-17-12/h3-4,9,15H,2,5-8H2,1H3. The molecule has 0 atom stereocenters. The summed E-state index contributed by atoms with van der Waals surface area (Å²) in [5, 5.41) is 8.82. The minimum Gasteiger partial charge on any atom is -0.491 e. The number of aryl methyl sites for hydroxylation is 1. The Morgan fingerprint density at radius 1 is 1.47 bits per heavy atom. The molecule has 4 heteroatoms. The van der Waals surface area contributed by atoms with Gasteiger partial charge >= 0.3 is 0 Å². The van der Waals surface area contributed by atoms with Crippen LogP contribution in [-0.4, -0.2) is 42.2 Å². The number of carbonyl (C=O) groups excluding carboxylic acids is 1. The largest absolute Gasteiger partial charge is 0.491 e. The molecule has 0 radical (unpaired) electrons. The molecule has 92 valence electrons. The monoisotopic (exact) mass is 235 g/mol. The minimum atomic E-state index is -0.00495. The smallest absolute Gasteiger partial charge is 0.257 e. The second-order valence-electron chi connectivity index (χ2n) is 4.22. The third kappa shape index (κ3) is 2.58. The van der Waals surface area contributed by atoms with Crippen LogP contribution in [0.15, 0.2) is 18.2 Å². The summed E-state index contributed by atoms with van der Waals surface area (Å²) < 4.78 is 5.56. The summed E-state index contributed by atoms with van der Waals surface area (Å²) in [5.41, 5.74) is 1.67. The molecule has 0 aromatic heterocycles. The fraction of sp³-hybridized carbons (Fsp3) is 0.462. The van der Waals surface area contributed by atoms with E-state index in [1.807, 2.05) is 25.1 Å². The zero-order chi connectivity index (χ0) is 12.3. The van der Waals surface area contributed by atoms with Crippen molar-refractivity contribution in [2.24, 2.45) is 0 Å². The topological polar surface area (TPSA) is 49.8 Å². The highest BCUT2D eigenvalue weighted by Crippen LogP contribution is 2.24. The van der Waals surface area contributed by atoms with Crippen molar-refractivity contribution < 1.29 is 14.6 Å². The number of hydrogen-bond acceptors (Lipinski definition) is 3. The van der Waals surface area contributed by atoms with Gasteiger partial charge in [-0.05, 0) is 25.5 Å². The normalized spacial score (nSPS) is 15.2. The maximum absolute atomic E-state index is 12.3. The van der Waals surface area contributed by atoms with Gasteiger partial charge in [0.25, 0.3) is 5.91 Å². The van der Waals surface area contributed by atoms with Crippen LogP contribution in [0.25, 0.3) is 0 Å². The van der Waals surface area contributed by atoms with E-state index < -0.39 is 0 Å². The van der Waals surface area contributed by atoms with Crippen LogP contribution < -0.4 is 4.74 Å². The highest BCUT2D eigenvalue weighted by atomic mass is 16.5. The molecule has 2 rings (SSSR count). The molecule has 1 aliphatic heterocycles. The third-order valence-electron chi connectivity index (χ3n) is 2.86. The second-order valence-corrected chi connectivity index (χ2v) is 4.22. The van der Waals surface area contributed by atoms with Crippen LogP contribution in [0.5, 0.6) is 5.75 Å². The quantitative estimate of drug-likeness (QED) is 0.856. The average molecular weight is 235 g/mol. The minimum absolute atomic E-state index is 0.00495. The van der Waals surface area contributed by atoms with Gasteiger partial charge in [-0.1, -0.05) is 11.6 Å². The number of aliphatic hydroxyl groups excluding tert-OH is 1. The zero-order valence-electron chi connectivity index (χ0n) is 9.98. The van der Waals surface area contributed by atoms with Crippen molar-refractivity contribution in [3.8, 4) is 5.75 Å². The first-order valence-corrected chi connectivity index (χ1v) is 5.86. The first-order valence-electron chi connectivity index (χ1n) is 5.86. The molecule has 1 aliphatic rings. The summed E-state index contributed by atoms with van der Waals surface area (Å²) in [4.78, 5) is 14.0. The Labute approximate surface area is 101 Å². The van der Waals surface area contributed by atoms with Crippen LogP contribution in [0, 0.1) is 6.92 Å². The number of nitrogens with zero attached hydrogens (tertiary/aromatic N) is 1. The van der Waals surface area contributed by atoms with Crippen LogP contribution in [0.4, 0.5) is 0 Å². The van der Waals surface area contributed by atoms with Gasteiger partial charge in [0.15, 0.2) is 0 Å². The predicted molar refractivity (Wildman–Crippen MR) is 64.3 cm³/mol. The number of ether oxygens (including phenoxy) is 1. The Hall–Kier alpha value is -1.55. The van der Waals surface area contributed by atoms with E-state index in [2.05, 4.69) is 0 Å². The average Bonchev–Trinajstić information content (AvgIpc) is 2.47. The summed E-state index contributed by atoms with van der Waals surface area (Å²) in [6, 6.07) is 5.64. The number of benzene rings is 1. The van der Waals surface area contributed by atoms with Crippen molar-refractivity contribution in [2.75, 3.05) is 26.3 Å². The highest BCUT2D eigenvalue weighted by molar-refractivity contribution is 5.97. The van der Waals surface area contributed by atoms with Crippen molar-refractivity contribution in [1.29, 1.82) is 0 Å². The fourth-order valence-electron chi connectivity index (χ4n) is 1.95. The Bertz CT molecular complexity index is 415. The van der Waals surface area contributed by atoms with E-state index in [1.54, 1.807) is 4.90 Å². The van der Waals surface area contributed by atoms with Gasteiger partial charge in [0.1, 0.15) is 12.4 Å². The number of hydrogen-bond donors (Lipinski definition) is 1. The van der Waals surface area contributed by atoms with Crippen molar-refractivity contribution in [2.45, 2.75) is 13.3 Å². The SMILES string of the molecule is Cc1ccc2c(c1)C(=O)N(CCCO)CCO2. The van der Waals surface area contributed by atoms with E-state index >= 15 is 0 Å². The Balaban J connectivity index is 2.25. The summed E-state index contributed by atoms with van der Waals surface area (Å²) in [6.07, 6.45) is 0.604. The maximum Gasteiger partial charge on any atom is 0.257 e. The summed E-state index contributed by atoms with van der Waals surface area (Å²) >= 11 is 0. The van der Waals surface area contributed by atoms with Crippen LogP contribution in [0.1, 0.15) is 22.3 Å².